The molecular formula is C27H24N2O4S. The number of para-hydroxylation sites is 1. The third-order valence-electron chi connectivity index (χ3n) is 5.13. The number of aryl methyl sites for hydroxylation is 1. The van der Waals surface area contributed by atoms with Crippen LogP contribution in [0.2, 0.25) is 0 Å². The van der Waals surface area contributed by atoms with Gasteiger partial charge >= 0.3 is 0 Å². The number of rotatable bonds is 8. The van der Waals surface area contributed by atoms with Gasteiger partial charge in [0.15, 0.2) is 0 Å². The molecule has 4 aromatic carbocycles. The van der Waals surface area contributed by atoms with Crippen LogP contribution < -0.4 is 14.8 Å². The molecule has 0 saturated carbocycles. The molecule has 0 unspecified atom stereocenters. The zero-order valence-electron chi connectivity index (χ0n) is 18.6. The van der Waals surface area contributed by atoms with Gasteiger partial charge < -0.3 is 10.1 Å². The quantitative estimate of drug-likeness (QED) is 0.348. The molecule has 0 aromatic heterocycles. The Balaban J connectivity index is 1.44. The molecule has 172 valence electrons. The highest BCUT2D eigenvalue weighted by atomic mass is 32.2. The summed E-state index contributed by atoms with van der Waals surface area (Å²) in [5, 5.41) is 2.80. The van der Waals surface area contributed by atoms with E-state index in [0.29, 0.717) is 29.3 Å². The van der Waals surface area contributed by atoms with E-state index in [1.807, 2.05) is 30.3 Å². The average molecular weight is 473 g/mol. The molecule has 34 heavy (non-hydrogen) atoms. The summed E-state index contributed by atoms with van der Waals surface area (Å²) >= 11 is 0. The number of hydrogen-bond acceptors (Lipinski definition) is 4. The van der Waals surface area contributed by atoms with Gasteiger partial charge in [0, 0.05) is 16.9 Å². The van der Waals surface area contributed by atoms with E-state index in [-0.39, 0.29) is 10.5 Å². The second-order valence-electron chi connectivity index (χ2n) is 7.70. The summed E-state index contributed by atoms with van der Waals surface area (Å²) in [5.74, 6) is 0.270. The fourth-order valence-electron chi connectivity index (χ4n) is 3.33. The van der Waals surface area contributed by atoms with Crippen LogP contribution in [-0.4, -0.2) is 14.3 Å². The first-order valence-electron chi connectivity index (χ1n) is 10.7. The Morgan fingerprint density at radius 3 is 2.12 bits per heavy atom. The van der Waals surface area contributed by atoms with E-state index < -0.39 is 15.9 Å². The van der Waals surface area contributed by atoms with Crippen LogP contribution in [0.5, 0.6) is 5.75 Å². The predicted molar refractivity (Wildman–Crippen MR) is 134 cm³/mol. The first-order valence-corrected chi connectivity index (χ1v) is 12.2. The van der Waals surface area contributed by atoms with Gasteiger partial charge in [0.05, 0.1) is 4.90 Å². The van der Waals surface area contributed by atoms with Crippen molar-refractivity contribution < 1.29 is 17.9 Å². The number of carbonyl (C=O) groups is 1. The fourth-order valence-corrected chi connectivity index (χ4v) is 4.66. The van der Waals surface area contributed by atoms with Gasteiger partial charge in [0.1, 0.15) is 12.4 Å². The first kappa shape index (κ1) is 23.1. The fraction of sp³-hybridized carbons (Fsp3) is 0.0741. The molecule has 0 bridgehead atoms. The van der Waals surface area contributed by atoms with Crippen molar-refractivity contribution in [1.29, 1.82) is 0 Å². The largest absolute Gasteiger partial charge is 0.489 e. The summed E-state index contributed by atoms with van der Waals surface area (Å²) in [6.07, 6.45) is 0. The predicted octanol–water partition coefficient (Wildman–Crippen LogP) is 5.63. The van der Waals surface area contributed by atoms with Gasteiger partial charge in [-0.2, -0.15) is 0 Å². The van der Waals surface area contributed by atoms with Crippen LogP contribution in [0.4, 0.5) is 11.4 Å². The zero-order valence-corrected chi connectivity index (χ0v) is 19.4. The van der Waals surface area contributed by atoms with Crippen molar-refractivity contribution in [2.75, 3.05) is 10.0 Å². The monoisotopic (exact) mass is 472 g/mol. The highest BCUT2D eigenvalue weighted by Gasteiger charge is 2.19. The summed E-state index contributed by atoms with van der Waals surface area (Å²) in [4.78, 5) is 12.9. The average Bonchev–Trinajstić information content (AvgIpc) is 2.85. The Morgan fingerprint density at radius 1 is 0.794 bits per heavy atom. The van der Waals surface area contributed by atoms with E-state index in [2.05, 4.69) is 10.0 Å². The molecule has 6 nitrogen and oxygen atoms in total. The molecule has 0 atom stereocenters. The molecule has 0 aliphatic rings. The van der Waals surface area contributed by atoms with Gasteiger partial charge in [-0.1, -0.05) is 54.6 Å². The number of hydrogen-bond donors (Lipinski definition) is 2. The van der Waals surface area contributed by atoms with E-state index in [1.165, 1.54) is 6.07 Å². The van der Waals surface area contributed by atoms with E-state index in [4.69, 9.17) is 4.74 Å². The highest BCUT2D eigenvalue weighted by molar-refractivity contribution is 7.92. The molecule has 0 radical (unpaired) electrons. The molecule has 0 spiro atoms. The molecule has 1 amide bonds. The van der Waals surface area contributed by atoms with Crippen LogP contribution in [0.25, 0.3) is 0 Å². The minimum absolute atomic E-state index is 0.0497. The van der Waals surface area contributed by atoms with Gasteiger partial charge in [-0.05, 0) is 66.6 Å². The second kappa shape index (κ2) is 10.2. The van der Waals surface area contributed by atoms with E-state index in [0.717, 1.165) is 5.56 Å². The van der Waals surface area contributed by atoms with Gasteiger partial charge in [-0.25, -0.2) is 8.42 Å². The van der Waals surface area contributed by atoms with Gasteiger partial charge in [-0.3, -0.25) is 9.52 Å². The van der Waals surface area contributed by atoms with Crippen LogP contribution >= 0.6 is 0 Å². The van der Waals surface area contributed by atoms with Crippen molar-refractivity contribution in [3.63, 3.8) is 0 Å². The number of anilines is 2. The van der Waals surface area contributed by atoms with E-state index in [9.17, 15) is 13.2 Å². The lowest BCUT2D eigenvalue weighted by Gasteiger charge is -2.12. The third-order valence-corrected chi connectivity index (χ3v) is 6.65. The molecule has 0 aliphatic carbocycles. The summed E-state index contributed by atoms with van der Waals surface area (Å²) < 4.78 is 34.1. The van der Waals surface area contributed by atoms with Gasteiger partial charge in [0.25, 0.3) is 15.9 Å². The number of sulfonamides is 1. The molecular weight excluding hydrogens is 448 g/mol. The third kappa shape index (κ3) is 5.82. The number of nitrogens with one attached hydrogen (secondary N) is 2. The molecule has 0 aliphatic heterocycles. The lowest BCUT2D eigenvalue weighted by Crippen LogP contribution is -2.17. The summed E-state index contributed by atoms with van der Waals surface area (Å²) in [5.41, 5.74) is 2.87. The van der Waals surface area contributed by atoms with Crippen LogP contribution in [0.1, 0.15) is 21.5 Å². The number of carbonyl (C=O) groups excluding carboxylic acids is 1. The Hall–Kier alpha value is -4.10. The molecule has 4 rings (SSSR count). The van der Waals surface area contributed by atoms with Crippen LogP contribution in [0.3, 0.4) is 0 Å². The van der Waals surface area contributed by atoms with Crippen LogP contribution in [0.15, 0.2) is 108 Å². The normalized spacial score (nSPS) is 11.0. The van der Waals surface area contributed by atoms with Crippen molar-refractivity contribution in [3.05, 3.63) is 120 Å². The highest BCUT2D eigenvalue weighted by Crippen LogP contribution is 2.22. The van der Waals surface area contributed by atoms with Crippen molar-refractivity contribution in [1.82, 2.24) is 0 Å². The summed E-state index contributed by atoms with van der Waals surface area (Å²) in [6.45, 7) is 2.14. The van der Waals surface area contributed by atoms with Gasteiger partial charge in [0.2, 0.25) is 0 Å². The molecule has 0 heterocycles. The summed E-state index contributed by atoms with van der Waals surface area (Å²) in [7, 11) is -3.85. The standard InChI is InChI=1S/C27H24N2O4S/c1-20-12-13-22(18-26(20)34(31,32)29-24-10-6-3-7-11-24)27(30)28-23-14-16-25(17-15-23)33-19-21-8-4-2-5-9-21/h2-18,29H,19H2,1H3,(H,28,30). The molecule has 4 aromatic rings. The Labute approximate surface area is 199 Å². The van der Waals surface area contributed by atoms with Crippen molar-refractivity contribution >= 4 is 27.3 Å². The maximum atomic E-state index is 12.9. The topological polar surface area (TPSA) is 84.5 Å². The van der Waals surface area contributed by atoms with E-state index in [1.54, 1.807) is 73.7 Å². The molecule has 0 fully saturated rings. The molecule has 0 saturated heterocycles. The molecule has 2 N–H and O–H groups in total. The number of ether oxygens (including phenoxy) is 1. The lowest BCUT2D eigenvalue weighted by atomic mass is 10.1. The zero-order chi connectivity index (χ0) is 24.0. The SMILES string of the molecule is Cc1ccc(C(=O)Nc2ccc(OCc3ccccc3)cc2)cc1S(=O)(=O)Nc1ccccc1. The number of benzene rings is 4. The van der Waals surface area contributed by atoms with Crippen molar-refractivity contribution in [3.8, 4) is 5.75 Å². The van der Waals surface area contributed by atoms with Crippen LogP contribution in [-0.2, 0) is 16.6 Å². The summed E-state index contributed by atoms with van der Waals surface area (Å²) in [6, 6.07) is 30.1. The second-order valence-corrected chi connectivity index (χ2v) is 9.36. The van der Waals surface area contributed by atoms with Crippen molar-refractivity contribution in [2.24, 2.45) is 0 Å². The van der Waals surface area contributed by atoms with E-state index >= 15 is 0 Å². The number of amides is 1. The van der Waals surface area contributed by atoms with Crippen LogP contribution in [0, 0.1) is 6.92 Å². The Morgan fingerprint density at radius 2 is 1.44 bits per heavy atom. The maximum absolute atomic E-state index is 12.9. The van der Waals surface area contributed by atoms with Crippen molar-refractivity contribution in [2.45, 2.75) is 18.4 Å². The minimum atomic E-state index is -3.85. The Kier molecular flexibility index (Phi) is 6.94. The first-order chi connectivity index (χ1) is 16.4. The van der Waals surface area contributed by atoms with Gasteiger partial charge in [-0.15, -0.1) is 0 Å². The Bertz CT molecular complexity index is 1370. The maximum Gasteiger partial charge on any atom is 0.262 e. The lowest BCUT2D eigenvalue weighted by molar-refractivity contribution is 0.102. The molecule has 7 heteroatoms. The smallest absolute Gasteiger partial charge is 0.262 e. The minimum Gasteiger partial charge on any atom is -0.489 e.